The van der Waals surface area contributed by atoms with Gasteiger partial charge in [0.15, 0.2) is 0 Å². The quantitative estimate of drug-likeness (QED) is 0.731. The lowest BCUT2D eigenvalue weighted by atomic mass is 10.0. The van der Waals surface area contributed by atoms with E-state index in [0.717, 1.165) is 32.0 Å². The predicted octanol–water partition coefficient (Wildman–Crippen LogP) is 1.90. The summed E-state index contributed by atoms with van der Waals surface area (Å²) in [4.78, 5) is 14.5. The molecule has 20 heavy (non-hydrogen) atoms. The SMILES string of the molecule is CC1CCCCN1CCCCNC(=O)[C@H]1CCCCN1. The maximum atomic E-state index is 11.9. The fourth-order valence-electron chi connectivity index (χ4n) is 3.34. The van der Waals surface area contributed by atoms with Crippen LogP contribution in [0.1, 0.15) is 58.3 Å². The summed E-state index contributed by atoms with van der Waals surface area (Å²) in [5, 5.41) is 6.38. The van der Waals surface area contributed by atoms with Gasteiger partial charge in [0, 0.05) is 12.6 Å². The van der Waals surface area contributed by atoms with Crippen molar-refractivity contribution in [3.05, 3.63) is 0 Å². The van der Waals surface area contributed by atoms with Crippen LogP contribution in [0.2, 0.25) is 0 Å². The molecule has 0 aromatic heterocycles. The Labute approximate surface area is 123 Å². The molecule has 0 aliphatic carbocycles. The molecule has 0 bridgehead atoms. The third kappa shape index (κ3) is 5.06. The second kappa shape index (κ2) is 8.63. The average Bonchev–Trinajstić information content (AvgIpc) is 2.49. The van der Waals surface area contributed by atoms with Crippen molar-refractivity contribution >= 4 is 5.91 Å². The molecular formula is C16H31N3O. The van der Waals surface area contributed by atoms with Gasteiger partial charge in [-0.3, -0.25) is 4.79 Å². The van der Waals surface area contributed by atoms with Crippen LogP contribution in [0.4, 0.5) is 0 Å². The van der Waals surface area contributed by atoms with E-state index >= 15 is 0 Å². The van der Waals surface area contributed by atoms with Crippen molar-refractivity contribution in [1.82, 2.24) is 15.5 Å². The predicted molar refractivity (Wildman–Crippen MR) is 82.8 cm³/mol. The van der Waals surface area contributed by atoms with Gasteiger partial charge in [-0.25, -0.2) is 0 Å². The fourth-order valence-corrected chi connectivity index (χ4v) is 3.34. The summed E-state index contributed by atoms with van der Waals surface area (Å²) in [7, 11) is 0. The maximum Gasteiger partial charge on any atom is 0.237 e. The summed E-state index contributed by atoms with van der Waals surface area (Å²) in [6, 6.07) is 0.815. The minimum Gasteiger partial charge on any atom is -0.355 e. The number of carbonyl (C=O) groups excluding carboxylic acids is 1. The topological polar surface area (TPSA) is 44.4 Å². The van der Waals surface area contributed by atoms with Gasteiger partial charge < -0.3 is 15.5 Å². The third-order valence-electron chi connectivity index (χ3n) is 4.74. The van der Waals surface area contributed by atoms with Crippen LogP contribution >= 0.6 is 0 Å². The fraction of sp³-hybridized carbons (Fsp3) is 0.938. The Kier molecular flexibility index (Phi) is 6.80. The molecule has 2 rings (SSSR count). The highest BCUT2D eigenvalue weighted by atomic mass is 16.2. The number of nitrogens with one attached hydrogen (secondary N) is 2. The molecule has 0 spiro atoms. The normalized spacial score (nSPS) is 28.2. The van der Waals surface area contributed by atoms with Gasteiger partial charge >= 0.3 is 0 Å². The van der Waals surface area contributed by atoms with Crippen molar-refractivity contribution in [2.75, 3.05) is 26.2 Å². The monoisotopic (exact) mass is 281 g/mol. The van der Waals surface area contributed by atoms with Crippen LogP contribution in [0.5, 0.6) is 0 Å². The summed E-state index contributed by atoms with van der Waals surface area (Å²) >= 11 is 0. The lowest BCUT2D eigenvalue weighted by Crippen LogP contribution is -2.46. The van der Waals surface area contributed by atoms with Crippen LogP contribution in [-0.4, -0.2) is 49.1 Å². The molecule has 4 heteroatoms. The number of piperidine rings is 2. The zero-order chi connectivity index (χ0) is 14.2. The van der Waals surface area contributed by atoms with E-state index < -0.39 is 0 Å². The highest BCUT2D eigenvalue weighted by molar-refractivity contribution is 5.81. The molecule has 2 N–H and O–H groups in total. The Morgan fingerprint density at radius 2 is 2.05 bits per heavy atom. The van der Waals surface area contributed by atoms with E-state index in [1.807, 2.05) is 0 Å². The van der Waals surface area contributed by atoms with E-state index in [1.165, 1.54) is 51.6 Å². The highest BCUT2D eigenvalue weighted by Gasteiger charge is 2.20. The number of unbranched alkanes of at least 4 members (excludes halogenated alkanes) is 1. The van der Waals surface area contributed by atoms with Crippen LogP contribution in [0, 0.1) is 0 Å². The molecule has 116 valence electrons. The zero-order valence-electron chi connectivity index (χ0n) is 13.0. The van der Waals surface area contributed by atoms with Crippen molar-refractivity contribution in [2.45, 2.75) is 70.4 Å². The highest BCUT2D eigenvalue weighted by Crippen LogP contribution is 2.16. The van der Waals surface area contributed by atoms with Crippen LogP contribution in [0.15, 0.2) is 0 Å². The van der Waals surface area contributed by atoms with Gasteiger partial charge in [-0.1, -0.05) is 12.8 Å². The Balaban J connectivity index is 1.51. The number of carbonyl (C=O) groups is 1. The van der Waals surface area contributed by atoms with Gasteiger partial charge in [0.25, 0.3) is 0 Å². The number of likely N-dealkylation sites (tertiary alicyclic amines) is 1. The zero-order valence-corrected chi connectivity index (χ0v) is 13.0. The summed E-state index contributed by atoms with van der Waals surface area (Å²) in [6.45, 7) is 6.62. The second-order valence-corrected chi connectivity index (χ2v) is 6.38. The van der Waals surface area contributed by atoms with Crippen molar-refractivity contribution < 1.29 is 4.79 Å². The van der Waals surface area contributed by atoms with Crippen molar-refractivity contribution in [1.29, 1.82) is 0 Å². The van der Waals surface area contributed by atoms with E-state index in [0.29, 0.717) is 0 Å². The summed E-state index contributed by atoms with van der Waals surface area (Å²) in [5.41, 5.74) is 0. The molecule has 2 heterocycles. The number of nitrogens with zero attached hydrogens (tertiary/aromatic N) is 1. The number of hydrogen-bond donors (Lipinski definition) is 2. The Hall–Kier alpha value is -0.610. The van der Waals surface area contributed by atoms with E-state index in [1.54, 1.807) is 0 Å². The molecule has 2 atom stereocenters. The lowest BCUT2D eigenvalue weighted by molar-refractivity contribution is -0.123. The largest absolute Gasteiger partial charge is 0.355 e. The Morgan fingerprint density at radius 3 is 2.80 bits per heavy atom. The minimum absolute atomic E-state index is 0.0610. The molecule has 1 amide bonds. The van der Waals surface area contributed by atoms with Gasteiger partial charge in [-0.05, 0) is 65.1 Å². The molecule has 2 aliphatic heterocycles. The van der Waals surface area contributed by atoms with Gasteiger partial charge in [0.05, 0.1) is 6.04 Å². The Morgan fingerprint density at radius 1 is 1.20 bits per heavy atom. The van der Waals surface area contributed by atoms with E-state index in [-0.39, 0.29) is 11.9 Å². The minimum atomic E-state index is 0.0610. The second-order valence-electron chi connectivity index (χ2n) is 6.38. The number of amides is 1. The number of hydrogen-bond acceptors (Lipinski definition) is 3. The molecular weight excluding hydrogens is 250 g/mol. The molecule has 2 aliphatic rings. The first kappa shape index (κ1) is 15.8. The van der Waals surface area contributed by atoms with Gasteiger partial charge in [-0.15, -0.1) is 0 Å². The van der Waals surface area contributed by atoms with E-state index in [9.17, 15) is 4.79 Å². The van der Waals surface area contributed by atoms with Gasteiger partial charge in [0.1, 0.15) is 0 Å². The van der Waals surface area contributed by atoms with Crippen molar-refractivity contribution in [3.63, 3.8) is 0 Å². The third-order valence-corrected chi connectivity index (χ3v) is 4.74. The summed E-state index contributed by atoms with van der Waals surface area (Å²) < 4.78 is 0. The Bertz CT molecular complexity index is 289. The molecule has 0 saturated carbocycles. The first-order valence-electron chi connectivity index (χ1n) is 8.52. The van der Waals surface area contributed by atoms with Crippen molar-refractivity contribution in [3.8, 4) is 0 Å². The van der Waals surface area contributed by atoms with E-state index in [2.05, 4.69) is 22.5 Å². The first-order valence-corrected chi connectivity index (χ1v) is 8.52. The van der Waals surface area contributed by atoms with Crippen LogP contribution < -0.4 is 10.6 Å². The molecule has 0 radical (unpaired) electrons. The average molecular weight is 281 g/mol. The molecule has 2 fully saturated rings. The molecule has 0 aromatic rings. The smallest absolute Gasteiger partial charge is 0.237 e. The lowest BCUT2D eigenvalue weighted by Gasteiger charge is -2.33. The standard InChI is InChI=1S/C16H31N3O/c1-14-8-3-6-12-19(14)13-7-5-11-18-16(20)15-9-2-4-10-17-15/h14-15,17H,2-13H2,1H3,(H,18,20)/t14?,15-/m1/s1. The van der Waals surface area contributed by atoms with Crippen LogP contribution in [-0.2, 0) is 4.79 Å². The molecule has 0 aromatic carbocycles. The van der Waals surface area contributed by atoms with Crippen LogP contribution in [0.25, 0.3) is 0 Å². The van der Waals surface area contributed by atoms with Gasteiger partial charge in [-0.2, -0.15) is 0 Å². The van der Waals surface area contributed by atoms with Crippen LogP contribution in [0.3, 0.4) is 0 Å². The van der Waals surface area contributed by atoms with E-state index in [4.69, 9.17) is 0 Å². The summed E-state index contributed by atoms with van der Waals surface area (Å²) in [6.07, 6.45) is 9.78. The molecule has 2 saturated heterocycles. The van der Waals surface area contributed by atoms with Gasteiger partial charge in [0.2, 0.25) is 5.91 Å². The first-order chi connectivity index (χ1) is 9.77. The molecule has 1 unspecified atom stereocenters. The summed E-state index contributed by atoms with van der Waals surface area (Å²) in [5.74, 6) is 0.205. The van der Waals surface area contributed by atoms with Crippen molar-refractivity contribution in [2.24, 2.45) is 0 Å². The number of rotatable bonds is 6. The maximum absolute atomic E-state index is 11.9. The molecule has 4 nitrogen and oxygen atoms in total.